The summed E-state index contributed by atoms with van der Waals surface area (Å²) in [6.07, 6.45) is 1.85. The number of nitrogens with one attached hydrogen (secondary N) is 1. The number of benzene rings is 1. The van der Waals surface area contributed by atoms with Gasteiger partial charge in [0.15, 0.2) is 0 Å². The number of pyridine rings is 1. The fraction of sp³-hybridized carbons (Fsp3) is 0.333. The van der Waals surface area contributed by atoms with Crippen LogP contribution in [-0.4, -0.2) is 33.8 Å². The fourth-order valence-corrected chi connectivity index (χ4v) is 2.06. The van der Waals surface area contributed by atoms with E-state index in [1.807, 2.05) is 18.2 Å². The molecule has 20 heavy (non-hydrogen) atoms. The third-order valence-corrected chi connectivity index (χ3v) is 3.18. The monoisotopic (exact) mass is 274 g/mol. The second-order valence-corrected chi connectivity index (χ2v) is 4.77. The standard InChI is InChI=1S/C15H18N2O3/c1-10(18)17-7-5-14(19)15(20)12-2-3-13-9-16-6-4-11(13)8-12/h2-4,6,8-9,14-15,19-20H,5,7H2,1H3,(H,17,18). The molecule has 3 N–H and O–H groups in total. The van der Waals surface area contributed by atoms with Crippen LogP contribution >= 0.6 is 0 Å². The third-order valence-electron chi connectivity index (χ3n) is 3.18. The summed E-state index contributed by atoms with van der Waals surface area (Å²) in [7, 11) is 0. The Morgan fingerprint density at radius 1 is 1.30 bits per heavy atom. The predicted octanol–water partition coefficient (Wildman–Crippen LogP) is 1.16. The van der Waals surface area contributed by atoms with E-state index in [-0.39, 0.29) is 5.91 Å². The highest BCUT2D eigenvalue weighted by molar-refractivity contribution is 5.82. The minimum atomic E-state index is -0.971. The second kappa shape index (κ2) is 6.45. The molecule has 0 aliphatic heterocycles. The van der Waals surface area contributed by atoms with E-state index in [2.05, 4.69) is 10.3 Å². The van der Waals surface area contributed by atoms with Crippen molar-refractivity contribution in [2.24, 2.45) is 0 Å². The van der Waals surface area contributed by atoms with E-state index in [1.54, 1.807) is 18.5 Å². The number of aromatic nitrogens is 1. The normalized spacial score (nSPS) is 13.9. The van der Waals surface area contributed by atoms with Crippen LogP contribution in [-0.2, 0) is 4.79 Å². The van der Waals surface area contributed by atoms with Gasteiger partial charge in [0, 0.05) is 31.2 Å². The van der Waals surface area contributed by atoms with Crippen LogP contribution in [0.4, 0.5) is 0 Å². The van der Waals surface area contributed by atoms with Crippen molar-refractivity contribution in [1.29, 1.82) is 0 Å². The number of carbonyl (C=O) groups is 1. The number of hydrogen-bond acceptors (Lipinski definition) is 4. The van der Waals surface area contributed by atoms with Crippen LogP contribution in [0.2, 0.25) is 0 Å². The molecule has 2 aromatic rings. The van der Waals surface area contributed by atoms with Crippen molar-refractivity contribution < 1.29 is 15.0 Å². The van der Waals surface area contributed by atoms with Gasteiger partial charge in [-0.1, -0.05) is 12.1 Å². The Bertz CT molecular complexity index is 600. The van der Waals surface area contributed by atoms with Gasteiger partial charge in [-0.2, -0.15) is 0 Å². The number of rotatable bonds is 5. The molecule has 5 nitrogen and oxygen atoms in total. The van der Waals surface area contributed by atoms with Crippen molar-refractivity contribution in [2.45, 2.75) is 25.6 Å². The first-order valence-corrected chi connectivity index (χ1v) is 6.52. The maximum absolute atomic E-state index is 10.8. The zero-order valence-corrected chi connectivity index (χ0v) is 11.3. The van der Waals surface area contributed by atoms with Gasteiger partial charge in [0.1, 0.15) is 6.10 Å². The summed E-state index contributed by atoms with van der Waals surface area (Å²) in [4.78, 5) is 14.8. The van der Waals surface area contributed by atoms with Crippen LogP contribution in [0, 0.1) is 0 Å². The SMILES string of the molecule is CC(=O)NCCC(O)C(O)c1ccc2cnccc2c1. The summed E-state index contributed by atoms with van der Waals surface area (Å²) in [5.74, 6) is -0.148. The Kier molecular flexibility index (Phi) is 4.65. The van der Waals surface area contributed by atoms with Gasteiger partial charge < -0.3 is 15.5 Å². The number of aliphatic hydroxyl groups excluding tert-OH is 2. The Morgan fingerprint density at radius 3 is 2.85 bits per heavy atom. The van der Waals surface area contributed by atoms with Crippen LogP contribution in [0.3, 0.4) is 0 Å². The van der Waals surface area contributed by atoms with E-state index in [1.165, 1.54) is 6.92 Å². The summed E-state index contributed by atoms with van der Waals surface area (Å²) >= 11 is 0. The highest BCUT2D eigenvalue weighted by atomic mass is 16.3. The fourth-order valence-electron chi connectivity index (χ4n) is 2.06. The van der Waals surface area contributed by atoms with Crippen LogP contribution in [0.1, 0.15) is 25.0 Å². The molecule has 2 atom stereocenters. The lowest BCUT2D eigenvalue weighted by atomic mass is 9.99. The smallest absolute Gasteiger partial charge is 0.216 e. The molecular formula is C15H18N2O3. The quantitative estimate of drug-likeness (QED) is 0.764. The van der Waals surface area contributed by atoms with Crippen molar-refractivity contribution in [3.63, 3.8) is 0 Å². The molecule has 0 aliphatic rings. The molecular weight excluding hydrogens is 256 g/mol. The summed E-state index contributed by atoms with van der Waals surface area (Å²) in [6, 6.07) is 7.33. The molecule has 2 rings (SSSR count). The summed E-state index contributed by atoms with van der Waals surface area (Å²) in [6.45, 7) is 1.76. The van der Waals surface area contributed by atoms with Crippen LogP contribution < -0.4 is 5.32 Å². The van der Waals surface area contributed by atoms with E-state index in [4.69, 9.17) is 0 Å². The lowest BCUT2D eigenvalue weighted by molar-refractivity contribution is -0.119. The Hall–Kier alpha value is -1.98. The number of amides is 1. The topological polar surface area (TPSA) is 82.5 Å². The predicted molar refractivity (Wildman–Crippen MR) is 76.0 cm³/mol. The lowest BCUT2D eigenvalue weighted by Crippen LogP contribution is -2.27. The van der Waals surface area contributed by atoms with Crippen LogP contribution in [0.15, 0.2) is 36.7 Å². The minimum Gasteiger partial charge on any atom is -0.390 e. The zero-order chi connectivity index (χ0) is 14.5. The largest absolute Gasteiger partial charge is 0.390 e. The molecule has 1 amide bonds. The molecule has 0 saturated heterocycles. The van der Waals surface area contributed by atoms with Gasteiger partial charge in [-0.05, 0) is 29.5 Å². The Morgan fingerprint density at radius 2 is 2.10 bits per heavy atom. The minimum absolute atomic E-state index is 0.148. The summed E-state index contributed by atoms with van der Waals surface area (Å²) in [5.41, 5.74) is 0.652. The molecule has 1 aromatic heterocycles. The molecule has 106 valence electrons. The van der Waals surface area contributed by atoms with Gasteiger partial charge in [0.05, 0.1) is 6.10 Å². The van der Waals surface area contributed by atoms with Gasteiger partial charge in [0.2, 0.25) is 5.91 Å². The Balaban J connectivity index is 2.06. The number of carbonyl (C=O) groups excluding carboxylic acids is 1. The van der Waals surface area contributed by atoms with Crippen molar-refractivity contribution in [3.05, 3.63) is 42.2 Å². The summed E-state index contributed by atoms with van der Waals surface area (Å²) in [5, 5.41) is 24.6. The van der Waals surface area contributed by atoms with Crippen molar-refractivity contribution in [1.82, 2.24) is 10.3 Å². The lowest BCUT2D eigenvalue weighted by Gasteiger charge is -2.18. The van der Waals surface area contributed by atoms with Gasteiger partial charge in [-0.15, -0.1) is 0 Å². The molecule has 0 radical (unpaired) electrons. The number of aliphatic hydroxyl groups is 2. The van der Waals surface area contributed by atoms with E-state index in [0.717, 1.165) is 10.8 Å². The van der Waals surface area contributed by atoms with E-state index in [0.29, 0.717) is 18.5 Å². The summed E-state index contributed by atoms with van der Waals surface area (Å²) < 4.78 is 0. The first-order valence-electron chi connectivity index (χ1n) is 6.52. The van der Waals surface area contributed by atoms with E-state index < -0.39 is 12.2 Å². The second-order valence-electron chi connectivity index (χ2n) is 4.77. The highest BCUT2D eigenvalue weighted by Gasteiger charge is 2.18. The van der Waals surface area contributed by atoms with Gasteiger partial charge in [0.25, 0.3) is 0 Å². The van der Waals surface area contributed by atoms with Crippen molar-refractivity contribution in [2.75, 3.05) is 6.54 Å². The van der Waals surface area contributed by atoms with Gasteiger partial charge >= 0.3 is 0 Å². The van der Waals surface area contributed by atoms with Gasteiger partial charge in [-0.25, -0.2) is 0 Å². The molecule has 0 spiro atoms. The molecule has 0 fully saturated rings. The van der Waals surface area contributed by atoms with Crippen molar-refractivity contribution in [3.8, 4) is 0 Å². The number of fused-ring (bicyclic) bond motifs is 1. The van der Waals surface area contributed by atoms with Crippen LogP contribution in [0.25, 0.3) is 10.8 Å². The molecule has 1 aromatic carbocycles. The zero-order valence-electron chi connectivity index (χ0n) is 11.3. The number of hydrogen-bond donors (Lipinski definition) is 3. The maximum atomic E-state index is 10.8. The molecule has 0 aliphatic carbocycles. The first-order chi connectivity index (χ1) is 9.58. The van der Waals surface area contributed by atoms with E-state index >= 15 is 0 Å². The van der Waals surface area contributed by atoms with Gasteiger partial charge in [-0.3, -0.25) is 9.78 Å². The average molecular weight is 274 g/mol. The molecule has 0 saturated carbocycles. The number of nitrogens with zero attached hydrogens (tertiary/aromatic N) is 1. The molecule has 2 unspecified atom stereocenters. The third kappa shape index (κ3) is 3.53. The first kappa shape index (κ1) is 14.4. The molecule has 1 heterocycles. The Labute approximate surface area is 117 Å². The molecule has 0 bridgehead atoms. The highest BCUT2D eigenvalue weighted by Crippen LogP contribution is 2.23. The molecule has 5 heteroatoms. The van der Waals surface area contributed by atoms with E-state index in [9.17, 15) is 15.0 Å². The van der Waals surface area contributed by atoms with Crippen molar-refractivity contribution >= 4 is 16.7 Å². The van der Waals surface area contributed by atoms with Crippen LogP contribution in [0.5, 0.6) is 0 Å². The average Bonchev–Trinajstić information content (AvgIpc) is 2.45. The maximum Gasteiger partial charge on any atom is 0.216 e.